The fourth-order valence-corrected chi connectivity index (χ4v) is 5.49. The minimum absolute atomic E-state index is 0.0250. The molecule has 0 unspecified atom stereocenters. The molecule has 2 heterocycles. The number of carbonyl (C=O) groups is 1. The summed E-state index contributed by atoms with van der Waals surface area (Å²) < 4.78 is 5.50. The third-order valence-electron chi connectivity index (χ3n) is 6.95. The third kappa shape index (κ3) is 3.77. The van der Waals surface area contributed by atoms with Gasteiger partial charge in [-0.05, 0) is 73.6 Å². The van der Waals surface area contributed by atoms with Crippen LogP contribution in [0.3, 0.4) is 0 Å². The lowest BCUT2D eigenvalue weighted by Crippen LogP contribution is -2.44. The fourth-order valence-electron chi connectivity index (χ4n) is 5.49. The van der Waals surface area contributed by atoms with Gasteiger partial charge in [-0.1, -0.05) is 42.0 Å². The van der Waals surface area contributed by atoms with Crippen LogP contribution in [0, 0.1) is 0 Å². The van der Waals surface area contributed by atoms with Crippen LogP contribution in [0.4, 0.5) is 5.69 Å². The van der Waals surface area contributed by atoms with Crippen molar-refractivity contribution in [3.8, 4) is 0 Å². The first-order chi connectivity index (χ1) is 15.5. The molecular weight excluding hydrogens is 396 g/mol. The minimum atomic E-state index is -0.0250. The number of fused-ring (bicyclic) bond motifs is 2. The molecule has 0 aromatic heterocycles. The normalized spacial score (nSPS) is 22.5. The first-order valence-electron chi connectivity index (χ1n) is 11.7. The minimum Gasteiger partial charge on any atom is -0.378 e. The second-order valence-electron chi connectivity index (χ2n) is 9.45. The lowest BCUT2D eigenvalue weighted by atomic mass is 9.85. The Morgan fingerprint density at radius 1 is 1.03 bits per heavy atom. The van der Waals surface area contributed by atoms with Crippen LogP contribution in [0.1, 0.15) is 49.9 Å². The van der Waals surface area contributed by atoms with Crippen LogP contribution < -0.4 is 4.90 Å². The Labute approximate surface area is 191 Å². The van der Waals surface area contributed by atoms with Gasteiger partial charge in [0, 0.05) is 30.9 Å². The maximum Gasteiger partial charge on any atom is 0.247 e. The van der Waals surface area contributed by atoms with Gasteiger partial charge in [0.1, 0.15) is 0 Å². The number of morpholine rings is 1. The number of hydrogen-bond acceptors (Lipinski definition) is 3. The van der Waals surface area contributed by atoms with Gasteiger partial charge in [0.2, 0.25) is 5.91 Å². The summed E-state index contributed by atoms with van der Waals surface area (Å²) in [7, 11) is 0. The van der Waals surface area contributed by atoms with Gasteiger partial charge in [-0.3, -0.25) is 4.79 Å². The van der Waals surface area contributed by atoms with E-state index in [1.807, 2.05) is 13.8 Å². The molecule has 1 aliphatic carbocycles. The van der Waals surface area contributed by atoms with E-state index in [1.165, 1.54) is 33.5 Å². The second-order valence-corrected chi connectivity index (χ2v) is 9.45. The van der Waals surface area contributed by atoms with E-state index in [-0.39, 0.29) is 18.0 Å². The van der Waals surface area contributed by atoms with Crippen LogP contribution >= 0.6 is 0 Å². The molecule has 2 atom stereocenters. The highest BCUT2D eigenvalue weighted by Crippen LogP contribution is 2.48. The van der Waals surface area contributed by atoms with Gasteiger partial charge in [0.05, 0.1) is 19.3 Å². The van der Waals surface area contributed by atoms with Crippen LogP contribution in [0.2, 0.25) is 0 Å². The fraction of sp³-hybridized carbons (Fsp3) is 0.393. The van der Waals surface area contributed by atoms with E-state index in [0.717, 1.165) is 44.7 Å². The molecule has 2 aromatic carbocycles. The van der Waals surface area contributed by atoms with Crippen LogP contribution in [-0.4, -0.2) is 43.2 Å². The number of rotatable bonds is 3. The van der Waals surface area contributed by atoms with Crippen molar-refractivity contribution in [1.29, 1.82) is 0 Å². The molecule has 1 saturated heterocycles. The topological polar surface area (TPSA) is 32.8 Å². The number of benzene rings is 2. The number of allylic oxidation sites excluding steroid dienone is 1. The lowest BCUT2D eigenvalue weighted by Gasteiger charge is -2.42. The SMILES string of the molecule is CC(C)=CC(=O)N1[C@@H](c2ccc(N3CCOCC3)cc2)C2=C(C[C@@H]1C)c1ccccc1C2. The first-order valence-corrected chi connectivity index (χ1v) is 11.7. The molecule has 5 rings (SSSR count). The Morgan fingerprint density at radius 2 is 1.75 bits per heavy atom. The molecule has 0 N–H and O–H groups in total. The smallest absolute Gasteiger partial charge is 0.247 e. The molecular formula is C28H32N2O2. The summed E-state index contributed by atoms with van der Waals surface area (Å²) in [6, 6.07) is 17.7. The summed E-state index contributed by atoms with van der Waals surface area (Å²) in [6.45, 7) is 9.59. The molecule has 1 fully saturated rings. The van der Waals surface area contributed by atoms with E-state index in [9.17, 15) is 4.79 Å². The van der Waals surface area contributed by atoms with Gasteiger partial charge in [0.15, 0.2) is 0 Å². The van der Waals surface area contributed by atoms with Crippen molar-refractivity contribution in [2.45, 2.75) is 45.7 Å². The van der Waals surface area contributed by atoms with Crippen molar-refractivity contribution in [3.05, 3.63) is 82.4 Å². The molecule has 1 amide bonds. The number of anilines is 1. The van der Waals surface area contributed by atoms with E-state index in [2.05, 4.69) is 65.3 Å². The van der Waals surface area contributed by atoms with Gasteiger partial charge in [0.25, 0.3) is 0 Å². The maximum atomic E-state index is 13.4. The second kappa shape index (κ2) is 8.59. The highest BCUT2D eigenvalue weighted by molar-refractivity contribution is 5.91. The summed E-state index contributed by atoms with van der Waals surface area (Å²) in [5.41, 5.74) is 9.06. The van der Waals surface area contributed by atoms with Crippen LogP contribution in [0.25, 0.3) is 5.57 Å². The van der Waals surface area contributed by atoms with E-state index in [4.69, 9.17) is 4.74 Å². The molecule has 2 aliphatic heterocycles. The van der Waals surface area contributed by atoms with Gasteiger partial charge in [-0.2, -0.15) is 0 Å². The number of nitrogens with zero attached hydrogens (tertiary/aromatic N) is 2. The Morgan fingerprint density at radius 3 is 2.47 bits per heavy atom. The largest absolute Gasteiger partial charge is 0.378 e. The highest BCUT2D eigenvalue weighted by Gasteiger charge is 2.40. The standard InChI is InChI=1S/C28H32N2O2/c1-19(2)16-27(31)30-20(3)17-25-24-7-5-4-6-22(24)18-26(25)28(30)21-8-10-23(11-9-21)29-12-14-32-15-13-29/h4-11,16,20,28H,12-15,17-18H2,1-3H3/t20-,28-/m0/s1. The lowest BCUT2D eigenvalue weighted by molar-refractivity contribution is -0.130. The molecule has 32 heavy (non-hydrogen) atoms. The number of amides is 1. The zero-order valence-corrected chi connectivity index (χ0v) is 19.3. The number of ether oxygens (including phenoxy) is 1. The Balaban J connectivity index is 1.55. The molecule has 4 heteroatoms. The van der Waals surface area contributed by atoms with Gasteiger partial charge in [-0.25, -0.2) is 0 Å². The average Bonchev–Trinajstić information content (AvgIpc) is 3.16. The molecule has 0 saturated carbocycles. The molecule has 0 radical (unpaired) electrons. The van der Waals surface area contributed by atoms with Crippen molar-refractivity contribution in [1.82, 2.24) is 4.90 Å². The summed E-state index contributed by atoms with van der Waals surface area (Å²) >= 11 is 0. The number of hydrogen-bond donors (Lipinski definition) is 0. The average molecular weight is 429 g/mol. The predicted octanol–water partition coefficient (Wildman–Crippen LogP) is 5.16. The van der Waals surface area contributed by atoms with E-state index in [1.54, 1.807) is 6.08 Å². The molecule has 166 valence electrons. The van der Waals surface area contributed by atoms with E-state index in [0.29, 0.717) is 0 Å². The van der Waals surface area contributed by atoms with Crippen molar-refractivity contribution >= 4 is 17.2 Å². The highest BCUT2D eigenvalue weighted by atomic mass is 16.5. The summed E-state index contributed by atoms with van der Waals surface area (Å²) in [6.07, 6.45) is 3.63. The maximum absolute atomic E-state index is 13.4. The van der Waals surface area contributed by atoms with Gasteiger partial charge >= 0.3 is 0 Å². The van der Waals surface area contributed by atoms with Crippen LogP contribution in [0.5, 0.6) is 0 Å². The Bertz CT molecular complexity index is 1070. The van der Waals surface area contributed by atoms with Crippen LogP contribution in [0.15, 0.2) is 65.8 Å². The molecule has 0 spiro atoms. The van der Waals surface area contributed by atoms with Crippen molar-refractivity contribution in [3.63, 3.8) is 0 Å². The summed E-state index contributed by atoms with van der Waals surface area (Å²) in [4.78, 5) is 17.9. The van der Waals surface area contributed by atoms with E-state index >= 15 is 0 Å². The Kier molecular flexibility index (Phi) is 5.64. The van der Waals surface area contributed by atoms with Crippen molar-refractivity contribution < 1.29 is 9.53 Å². The monoisotopic (exact) mass is 428 g/mol. The first kappa shape index (κ1) is 21.0. The molecule has 0 bridgehead atoms. The summed E-state index contributed by atoms with van der Waals surface area (Å²) in [5, 5.41) is 0. The summed E-state index contributed by atoms with van der Waals surface area (Å²) in [5.74, 6) is 0.113. The van der Waals surface area contributed by atoms with Crippen molar-refractivity contribution in [2.75, 3.05) is 31.2 Å². The zero-order chi connectivity index (χ0) is 22.2. The van der Waals surface area contributed by atoms with Crippen LogP contribution in [-0.2, 0) is 16.0 Å². The zero-order valence-electron chi connectivity index (χ0n) is 19.3. The molecule has 2 aromatic rings. The van der Waals surface area contributed by atoms with Crippen molar-refractivity contribution in [2.24, 2.45) is 0 Å². The third-order valence-corrected chi connectivity index (χ3v) is 6.95. The predicted molar refractivity (Wildman–Crippen MR) is 130 cm³/mol. The quantitative estimate of drug-likeness (QED) is 0.633. The Hall–Kier alpha value is -2.85. The molecule has 4 nitrogen and oxygen atoms in total. The number of carbonyl (C=O) groups excluding carboxylic acids is 1. The van der Waals surface area contributed by atoms with Gasteiger partial charge < -0.3 is 14.5 Å². The van der Waals surface area contributed by atoms with E-state index < -0.39 is 0 Å². The molecule has 3 aliphatic rings. The van der Waals surface area contributed by atoms with Gasteiger partial charge in [-0.15, -0.1) is 0 Å².